The van der Waals surface area contributed by atoms with E-state index in [1.165, 1.54) is 17.4 Å². The van der Waals surface area contributed by atoms with E-state index < -0.39 is 0 Å². The number of imidazole rings is 1. The SMILES string of the molecule is C=C(C)CN(CC)C(=O)/C=C/c1c(Cl)nc2sccn12. The molecule has 6 heteroatoms. The lowest BCUT2D eigenvalue weighted by molar-refractivity contribution is -0.125. The highest BCUT2D eigenvalue weighted by Crippen LogP contribution is 2.22. The number of hydrogen-bond acceptors (Lipinski definition) is 3. The Kier molecular flexibility index (Phi) is 4.62. The highest BCUT2D eigenvalue weighted by Gasteiger charge is 2.11. The van der Waals surface area contributed by atoms with Gasteiger partial charge in [0.25, 0.3) is 0 Å². The van der Waals surface area contributed by atoms with Gasteiger partial charge in [-0.1, -0.05) is 23.8 Å². The zero-order valence-electron chi connectivity index (χ0n) is 11.5. The van der Waals surface area contributed by atoms with Crippen LogP contribution >= 0.6 is 22.9 Å². The van der Waals surface area contributed by atoms with Gasteiger partial charge in [-0.25, -0.2) is 4.98 Å². The van der Waals surface area contributed by atoms with E-state index in [9.17, 15) is 4.79 Å². The number of nitrogens with zero attached hydrogens (tertiary/aromatic N) is 3. The number of fused-ring (bicyclic) bond motifs is 1. The van der Waals surface area contributed by atoms with E-state index in [0.29, 0.717) is 18.2 Å². The molecule has 2 aromatic heterocycles. The topological polar surface area (TPSA) is 37.6 Å². The van der Waals surface area contributed by atoms with E-state index in [0.717, 1.165) is 16.2 Å². The van der Waals surface area contributed by atoms with Crippen LogP contribution in [0.15, 0.2) is 29.8 Å². The predicted octanol–water partition coefficient (Wildman–Crippen LogP) is 3.49. The van der Waals surface area contributed by atoms with Crippen LogP contribution < -0.4 is 0 Å². The van der Waals surface area contributed by atoms with E-state index >= 15 is 0 Å². The third-order valence-electron chi connectivity index (χ3n) is 2.79. The molecule has 4 nitrogen and oxygen atoms in total. The molecule has 0 radical (unpaired) electrons. The Hall–Kier alpha value is -1.59. The summed E-state index contributed by atoms with van der Waals surface area (Å²) in [6.45, 7) is 8.88. The molecule has 2 rings (SSSR count). The van der Waals surface area contributed by atoms with Gasteiger partial charge in [0.1, 0.15) is 0 Å². The average molecular weight is 310 g/mol. The number of thiazole rings is 1. The van der Waals surface area contributed by atoms with Crippen LogP contribution in [0.4, 0.5) is 0 Å². The van der Waals surface area contributed by atoms with Crippen LogP contribution in [-0.4, -0.2) is 33.3 Å². The second-order valence-corrected chi connectivity index (χ2v) is 5.72. The number of carbonyl (C=O) groups is 1. The molecule has 0 atom stereocenters. The van der Waals surface area contributed by atoms with E-state index in [4.69, 9.17) is 11.6 Å². The molecule has 0 fully saturated rings. The predicted molar refractivity (Wildman–Crippen MR) is 84.2 cm³/mol. The largest absolute Gasteiger partial charge is 0.335 e. The van der Waals surface area contributed by atoms with Crippen LogP contribution in [0.25, 0.3) is 11.0 Å². The summed E-state index contributed by atoms with van der Waals surface area (Å²) in [7, 11) is 0. The summed E-state index contributed by atoms with van der Waals surface area (Å²) in [6.07, 6.45) is 5.12. The lowest BCUT2D eigenvalue weighted by Crippen LogP contribution is -2.30. The zero-order valence-corrected chi connectivity index (χ0v) is 13.0. The molecule has 106 valence electrons. The smallest absolute Gasteiger partial charge is 0.246 e. The summed E-state index contributed by atoms with van der Waals surface area (Å²) in [5.41, 5.74) is 1.68. The Balaban J connectivity index is 2.19. The minimum Gasteiger partial charge on any atom is -0.335 e. The van der Waals surface area contributed by atoms with Crippen molar-refractivity contribution in [1.29, 1.82) is 0 Å². The summed E-state index contributed by atoms with van der Waals surface area (Å²) in [4.78, 5) is 18.9. The van der Waals surface area contributed by atoms with Crippen LogP contribution in [0.5, 0.6) is 0 Å². The molecule has 0 aliphatic carbocycles. The van der Waals surface area contributed by atoms with Gasteiger partial charge >= 0.3 is 0 Å². The van der Waals surface area contributed by atoms with Gasteiger partial charge in [0.15, 0.2) is 10.1 Å². The highest BCUT2D eigenvalue weighted by atomic mass is 35.5. The molecule has 2 aromatic rings. The molecule has 0 saturated carbocycles. The molecule has 0 spiro atoms. The van der Waals surface area contributed by atoms with Crippen molar-refractivity contribution in [2.75, 3.05) is 13.1 Å². The number of carbonyl (C=O) groups excluding carboxylic acids is 1. The fourth-order valence-electron chi connectivity index (χ4n) is 1.85. The van der Waals surface area contributed by atoms with Crippen LogP contribution in [0, 0.1) is 0 Å². The maximum absolute atomic E-state index is 12.1. The van der Waals surface area contributed by atoms with Crippen LogP contribution in [-0.2, 0) is 4.79 Å². The van der Waals surface area contributed by atoms with Crippen molar-refractivity contribution < 1.29 is 4.79 Å². The number of halogens is 1. The highest BCUT2D eigenvalue weighted by molar-refractivity contribution is 7.15. The Labute approximate surface area is 127 Å². The first-order chi connectivity index (χ1) is 9.52. The fraction of sp³-hybridized carbons (Fsp3) is 0.286. The monoisotopic (exact) mass is 309 g/mol. The fourth-order valence-corrected chi connectivity index (χ4v) is 2.86. The van der Waals surface area contributed by atoms with E-state index in [1.54, 1.807) is 11.0 Å². The maximum atomic E-state index is 12.1. The quantitative estimate of drug-likeness (QED) is 0.626. The van der Waals surface area contributed by atoms with Gasteiger partial charge in [0.05, 0.1) is 5.69 Å². The third kappa shape index (κ3) is 3.11. The van der Waals surface area contributed by atoms with Gasteiger partial charge in [-0.3, -0.25) is 9.20 Å². The third-order valence-corrected chi connectivity index (χ3v) is 3.83. The zero-order chi connectivity index (χ0) is 14.7. The molecule has 1 amide bonds. The number of amides is 1. The van der Waals surface area contributed by atoms with Gasteiger partial charge in [0.2, 0.25) is 5.91 Å². The second-order valence-electron chi connectivity index (χ2n) is 4.49. The van der Waals surface area contributed by atoms with E-state index in [1.807, 2.05) is 29.8 Å². The van der Waals surface area contributed by atoms with Gasteiger partial charge in [-0.15, -0.1) is 11.3 Å². The van der Waals surface area contributed by atoms with Gasteiger partial charge < -0.3 is 4.90 Å². The lowest BCUT2D eigenvalue weighted by atomic mass is 10.3. The number of hydrogen-bond donors (Lipinski definition) is 0. The number of likely N-dealkylation sites (N-methyl/N-ethyl adjacent to an activating group) is 1. The summed E-state index contributed by atoms with van der Waals surface area (Å²) in [5, 5.41) is 2.33. The second kappa shape index (κ2) is 6.24. The van der Waals surface area contributed by atoms with Crippen LogP contribution in [0.3, 0.4) is 0 Å². The molecule has 0 unspecified atom stereocenters. The standard InChI is InChI=1S/C14H16ClN3OS/c1-4-17(9-10(2)3)12(19)6-5-11-13(15)16-14-18(11)7-8-20-14/h5-8H,2,4,9H2,1,3H3/b6-5+. The molecule has 0 saturated heterocycles. The molecule has 20 heavy (non-hydrogen) atoms. The van der Waals surface area contributed by atoms with Crippen molar-refractivity contribution in [3.63, 3.8) is 0 Å². The van der Waals surface area contributed by atoms with Crippen LogP contribution in [0.2, 0.25) is 5.15 Å². The molecular formula is C14H16ClN3OS. The Morgan fingerprint density at radius 1 is 1.65 bits per heavy atom. The summed E-state index contributed by atoms with van der Waals surface area (Å²) in [6, 6.07) is 0. The minimum atomic E-state index is -0.0586. The maximum Gasteiger partial charge on any atom is 0.246 e. The first-order valence-electron chi connectivity index (χ1n) is 6.25. The van der Waals surface area contributed by atoms with Gasteiger partial charge in [-0.2, -0.15) is 0 Å². The normalized spacial score (nSPS) is 11.3. The molecule has 0 N–H and O–H groups in total. The van der Waals surface area contributed by atoms with Crippen molar-refractivity contribution in [3.05, 3.63) is 40.7 Å². The van der Waals surface area contributed by atoms with Crippen molar-refractivity contribution >= 4 is 39.9 Å². The van der Waals surface area contributed by atoms with Crippen molar-refractivity contribution in [3.8, 4) is 0 Å². The molecule has 2 heterocycles. The first-order valence-corrected chi connectivity index (χ1v) is 7.51. The molecule has 0 bridgehead atoms. The van der Waals surface area contributed by atoms with Gasteiger partial charge in [-0.05, 0) is 19.9 Å². The average Bonchev–Trinajstić information content (AvgIpc) is 2.93. The van der Waals surface area contributed by atoms with E-state index in [2.05, 4.69) is 11.6 Å². The molecule has 0 aliphatic rings. The van der Waals surface area contributed by atoms with Crippen LogP contribution in [0.1, 0.15) is 19.5 Å². The number of rotatable bonds is 5. The van der Waals surface area contributed by atoms with Crippen molar-refractivity contribution in [2.24, 2.45) is 0 Å². The van der Waals surface area contributed by atoms with E-state index in [-0.39, 0.29) is 5.91 Å². The number of aromatic nitrogens is 2. The Bertz CT molecular complexity index is 671. The molecule has 0 aromatic carbocycles. The van der Waals surface area contributed by atoms with Crippen molar-refractivity contribution in [1.82, 2.24) is 14.3 Å². The Morgan fingerprint density at radius 3 is 3.05 bits per heavy atom. The lowest BCUT2D eigenvalue weighted by Gasteiger charge is -2.18. The summed E-state index contributed by atoms with van der Waals surface area (Å²) < 4.78 is 1.87. The molecule has 0 aliphatic heterocycles. The summed E-state index contributed by atoms with van der Waals surface area (Å²) >= 11 is 7.58. The minimum absolute atomic E-state index is 0.0586. The van der Waals surface area contributed by atoms with Gasteiger partial charge in [0, 0.05) is 30.7 Å². The molecular weight excluding hydrogens is 294 g/mol. The van der Waals surface area contributed by atoms with Crippen molar-refractivity contribution in [2.45, 2.75) is 13.8 Å². The summed E-state index contributed by atoms with van der Waals surface area (Å²) in [5.74, 6) is -0.0586. The first kappa shape index (κ1) is 14.8. The Morgan fingerprint density at radius 2 is 2.40 bits per heavy atom.